The second-order valence-corrected chi connectivity index (χ2v) is 5.54. The predicted molar refractivity (Wildman–Crippen MR) is 99.5 cm³/mol. The fourth-order valence-electron chi connectivity index (χ4n) is 2.37. The molecule has 0 fully saturated rings. The van der Waals surface area contributed by atoms with Crippen LogP contribution in [0.15, 0.2) is 42.5 Å². The van der Waals surface area contributed by atoms with Gasteiger partial charge in [0.25, 0.3) is 5.91 Å². The minimum Gasteiger partial charge on any atom is -0.490 e. The fraction of sp³-hybridized carbons (Fsp3) is 0.300. The molecule has 0 radical (unpaired) electrons. The highest BCUT2D eigenvalue weighted by Gasteiger charge is 2.11. The van der Waals surface area contributed by atoms with Gasteiger partial charge < -0.3 is 24.6 Å². The van der Waals surface area contributed by atoms with Crippen LogP contribution in [0.5, 0.6) is 17.2 Å². The number of aliphatic carboxylic acids is 1. The summed E-state index contributed by atoms with van der Waals surface area (Å²) < 4.78 is 16.2. The van der Waals surface area contributed by atoms with Crippen molar-refractivity contribution in [2.75, 3.05) is 19.8 Å². The number of carboxylic acid groups (broad SMARTS) is 1. The first-order valence-electron chi connectivity index (χ1n) is 8.64. The van der Waals surface area contributed by atoms with Crippen LogP contribution in [-0.2, 0) is 11.3 Å². The minimum absolute atomic E-state index is 0.254. The van der Waals surface area contributed by atoms with E-state index in [0.717, 1.165) is 5.56 Å². The maximum atomic E-state index is 12.4. The van der Waals surface area contributed by atoms with Gasteiger partial charge in [0.2, 0.25) is 0 Å². The predicted octanol–water partition coefficient (Wildman–Crippen LogP) is 2.88. The maximum absolute atomic E-state index is 12.4. The zero-order valence-corrected chi connectivity index (χ0v) is 15.4. The van der Waals surface area contributed by atoms with E-state index in [-0.39, 0.29) is 12.5 Å². The molecule has 0 unspecified atom stereocenters. The number of carbonyl (C=O) groups is 2. The van der Waals surface area contributed by atoms with Crippen LogP contribution in [0.4, 0.5) is 0 Å². The van der Waals surface area contributed by atoms with E-state index in [2.05, 4.69) is 5.32 Å². The molecule has 1 amide bonds. The Bertz CT molecular complexity index is 790. The number of ether oxygens (including phenoxy) is 3. The minimum atomic E-state index is -1.05. The number of hydrogen-bond acceptors (Lipinski definition) is 5. The lowest BCUT2D eigenvalue weighted by Gasteiger charge is -2.12. The number of amides is 1. The molecular weight excluding hydrogens is 350 g/mol. The van der Waals surface area contributed by atoms with Gasteiger partial charge in [0.05, 0.1) is 13.2 Å². The van der Waals surface area contributed by atoms with Crippen molar-refractivity contribution in [2.45, 2.75) is 20.4 Å². The molecule has 0 aromatic heterocycles. The first-order valence-corrected chi connectivity index (χ1v) is 8.64. The summed E-state index contributed by atoms with van der Waals surface area (Å²) in [6, 6.07) is 11.9. The van der Waals surface area contributed by atoms with Crippen molar-refractivity contribution < 1.29 is 28.9 Å². The molecule has 0 saturated heterocycles. The quantitative estimate of drug-likeness (QED) is 0.665. The Hall–Kier alpha value is -3.22. The molecule has 0 saturated carbocycles. The number of rotatable bonds is 10. The SMILES string of the molecule is CCOc1ccc(C(=O)NCc2cccc(OCC(=O)O)c2)cc1OCC. The third-order valence-electron chi connectivity index (χ3n) is 3.52. The van der Waals surface area contributed by atoms with Crippen LogP contribution in [0.2, 0.25) is 0 Å². The van der Waals surface area contributed by atoms with Gasteiger partial charge in [0.15, 0.2) is 18.1 Å². The summed E-state index contributed by atoms with van der Waals surface area (Å²) >= 11 is 0. The number of carbonyl (C=O) groups excluding carboxylic acids is 1. The van der Waals surface area contributed by atoms with E-state index in [4.69, 9.17) is 19.3 Å². The monoisotopic (exact) mass is 373 g/mol. The largest absolute Gasteiger partial charge is 0.490 e. The van der Waals surface area contributed by atoms with Gasteiger partial charge in [0.1, 0.15) is 5.75 Å². The Balaban J connectivity index is 2.02. The summed E-state index contributed by atoms with van der Waals surface area (Å²) in [5.74, 6) is 0.254. The van der Waals surface area contributed by atoms with Crippen LogP contribution in [0.25, 0.3) is 0 Å². The lowest BCUT2D eigenvalue weighted by molar-refractivity contribution is -0.139. The number of nitrogens with one attached hydrogen (secondary N) is 1. The molecule has 2 N–H and O–H groups in total. The van der Waals surface area contributed by atoms with Gasteiger partial charge in [-0.2, -0.15) is 0 Å². The molecule has 0 aliphatic rings. The Kier molecular flexibility index (Phi) is 7.49. The summed E-state index contributed by atoms with van der Waals surface area (Å²) in [6.45, 7) is 4.58. The molecule has 0 aliphatic carbocycles. The van der Waals surface area contributed by atoms with Gasteiger partial charge in [-0.1, -0.05) is 12.1 Å². The number of benzene rings is 2. The highest BCUT2D eigenvalue weighted by molar-refractivity contribution is 5.94. The van der Waals surface area contributed by atoms with Crippen molar-refractivity contribution in [3.05, 3.63) is 53.6 Å². The van der Waals surface area contributed by atoms with Crippen molar-refractivity contribution in [1.82, 2.24) is 5.32 Å². The Morgan fingerprint density at radius 2 is 1.70 bits per heavy atom. The molecule has 144 valence electrons. The van der Waals surface area contributed by atoms with Crippen LogP contribution < -0.4 is 19.5 Å². The lowest BCUT2D eigenvalue weighted by Crippen LogP contribution is -2.23. The zero-order valence-electron chi connectivity index (χ0n) is 15.4. The Morgan fingerprint density at radius 1 is 0.963 bits per heavy atom. The lowest BCUT2D eigenvalue weighted by atomic mass is 10.1. The number of hydrogen-bond donors (Lipinski definition) is 2. The normalized spacial score (nSPS) is 10.1. The summed E-state index contributed by atoms with van der Waals surface area (Å²) in [7, 11) is 0. The highest BCUT2D eigenvalue weighted by atomic mass is 16.5. The van der Waals surface area contributed by atoms with Gasteiger partial charge in [-0.15, -0.1) is 0 Å². The molecule has 0 heterocycles. The molecule has 7 nitrogen and oxygen atoms in total. The van der Waals surface area contributed by atoms with E-state index in [9.17, 15) is 9.59 Å². The summed E-state index contributed by atoms with van der Waals surface area (Å²) in [6.07, 6.45) is 0. The second-order valence-electron chi connectivity index (χ2n) is 5.54. The number of carboxylic acids is 1. The third kappa shape index (κ3) is 6.22. The first kappa shape index (κ1) is 20.1. The van der Waals surface area contributed by atoms with Crippen LogP contribution in [-0.4, -0.2) is 36.8 Å². The van der Waals surface area contributed by atoms with E-state index in [0.29, 0.717) is 36.0 Å². The molecule has 0 spiro atoms. The van der Waals surface area contributed by atoms with E-state index in [1.807, 2.05) is 19.9 Å². The smallest absolute Gasteiger partial charge is 0.341 e. The van der Waals surface area contributed by atoms with Crippen molar-refractivity contribution >= 4 is 11.9 Å². The van der Waals surface area contributed by atoms with Gasteiger partial charge in [-0.3, -0.25) is 4.79 Å². The summed E-state index contributed by atoms with van der Waals surface area (Å²) in [4.78, 5) is 23.0. The van der Waals surface area contributed by atoms with Crippen molar-refractivity contribution in [3.63, 3.8) is 0 Å². The summed E-state index contributed by atoms with van der Waals surface area (Å²) in [5, 5.41) is 11.5. The topological polar surface area (TPSA) is 94.1 Å². The standard InChI is InChI=1S/C20H23NO6/c1-3-25-17-9-8-15(11-18(17)26-4-2)20(24)21-12-14-6-5-7-16(10-14)27-13-19(22)23/h5-11H,3-4,12-13H2,1-2H3,(H,21,24)(H,22,23). The van der Waals surface area contributed by atoms with Gasteiger partial charge in [-0.25, -0.2) is 4.79 Å². The van der Waals surface area contributed by atoms with E-state index < -0.39 is 12.6 Å². The summed E-state index contributed by atoms with van der Waals surface area (Å²) in [5.41, 5.74) is 1.25. The van der Waals surface area contributed by atoms with Gasteiger partial charge in [0, 0.05) is 12.1 Å². The molecule has 0 aliphatic heterocycles. The molecule has 2 aromatic rings. The molecule has 27 heavy (non-hydrogen) atoms. The van der Waals surface area contributed by atoms with Crippen LogP contribution in [0, 0.1) is 0 Å². The molecular formula is C20H23NO6. The van der Waals surface area contributed by atoms with E-state index >= 15 is 0 Å². The third-order valence-corrected chi connectivity index (χ3v) is 3.52. The van der Waals surface area contributed by atoms with E-state index in [1.165, 1.54) is 0 Å². The average molecular weight is 373 g/mol. The maximum Gasteiger partial charge on any atom is 0.341 e. The highest BCUT2D eigenvalue weighted by Crippen LogP contribution is 2.28. The van der Waals surface area contributed by atoms with Crippen LogP contribution >= 0.6 is 0 Å². The van der Waals surface area contributed by atoms with E-state index in [1.54, 1.807) is 36.4 Å². The van der Waals surface area contributed by atoms with Crippen molar-refractivity contribution in [1.29, 1.82) is 0 Å². The molecule has 2 aromatic carbocycles. The molecule has 0 atom stereocenters. The van der Waals surface area contributed by atoms with Crippen LogP contribution in [0.1, 0.15) is 29.8 Å². The fourth-order valence-corrected chi connectivity index (χ4v) is 2.37. The second kappa shape index (κ2) is 10.1. The Labute approximate surface area is 157 Å². The average Bonchev–Trinajstić information content (AvgIpc) is 2.66. The molecule has 2 rings (SSSR count). The zero-order chi connectivity index (χ0) is 19.6. The Morgan fingerprint density at radius 3 is 2.41 bits per heavy atom. The molecule has 0 bridgehead atoms. The first-order chi connectivity index (χ1) is 13.0. The van der Waals surface area contributed by atoms with Crippen molar-refractivity contribution in [3.8, 4) is 17.2 Å². The van der Waals surface area contributed by atoms with Gasteiger partial charge in [-0.05, 0) is 49.7 Å². The van der Waals surface area contributed by atoms with Crippen molar-refractivity contribution in [2.24, 2.45) is 0 Å². The molecule has 7 heteroatoms. The van der Waals surface area contributed by atoms with Crippen LogP contribution in [0.3, 0.4) is 0 Å². The van der Waals surface area contributed by atoms with Gasteiger partial charge >= 0.3 is 5.97 Å².